The van der Waals surface area contributed by atoms with E-state index in [9.17, 15) is 8.42 Å². The second kappa shape index (κ2) is 6.89. The monoisotopic (exact) mass is 317 g/mol. The summed E-state index contributed by atoms with van der Waals surface area (Å²) >= 11 is 5.76. The molecule has 1 saturated heterocycles. The molecule has 1 aliphatic rings. The molecular formula is C14H20ClNO3S. The molecule has 1 aliphatic heterocycles. The van der Waals surface area contributed by atoms with Crippen LogP contribution in [0.3, 0.4) is 0 Å². The van der Waals surface area contributed by atoms with Crippen molar-refractivity contribution in [3.63, 3.8) is 0 Å². The number of piperidine rings is 1. The van der Waals surface area contributed by atoms with Crippen molar-refractivity contribution in [3.8, 4) is 0 Å². The summed E-state index contributed by atoms with van der Waals surface area (Å²) in [5, 5.41) is 0. The Morgan fingerprint density at radius 2 is 2.05 bits per heavy atom. The Morgan fingerprint density at radius 1 is 1.35 bits per heavy atom. The van der Waals surface area contributed by atoms with Gasteiger partial charge in [0.15, 0.2) is 0 Å². The molecule has 0 radical (unpaired) electrons. The molecule has 4 nitrogen and oxygen atoms in total. The van der Waals surface area contributed by atoms with E-state index in [-0.39, 0.29) is 6.10 Å². The van der Waals surface area contributed by atoms with Crippen molar-refractivity contribution in [3.05, 3.63) is 29.8 Å². The van der Waals surface area contributed by atoms with Crippen LogP contribution in [0.5, 0.6) is 0 Å². The van der Waals surface area contributed by atoms with E-state index in [1.165, 1.54) is 4.31 Å². The molecule has 0 saturated carbocycles. The third-order valence-corrected chi connectivity index (χ3v) is 5.70. The number of hydrogen-bond donors (Lipinski definition) is 0. The average molecular weight is 318 g/mol. The van der Waals surface area contributed by atoms with Crippen LogP contribution in [0.2, 0.25) is 0 Å². The summed E-state index contributed by atoms with van der Waals surface area (Å²) in [7, 11) is -3.41. The molecule has 2 rings (SSSR count). The Hall–Kier alpha value is -0.620. The highest BCUT2D eigenvalue weighted by atomic mass is 35.5. The fourth-order valence-corrected chi connectivity index (χ4v) is 4.12. The lowest BCUT2D eigenvalue weighted by Crippen LogP contribution is -2.40. The van der Waals surface area contributed by atoms with Crippen LogP contribution in [-0.4, -0.2) is 38.5 Å². The molecule has 6 heteroatoms. The highest BCUT2D eigenvalue weighted by molar-refractivity contribution is 7.89. The number of hydrogen-bond acceptors (Lipinski definition) is 3. The second-order valence-electron chi connectivity index (χ2n) is 4.84. The molecule has 0 atom stereocenters. The first kappa shape index (κ1) is 15.8. The van der Waals surface area contributed by atoms with Crippen LogP contribution in [0, 0.1) is 0 Å². The molecule has 1 heterocycles. The van der Waals surface area contributed by atoms with Crippen molar-refractivity contribution in [1.82, 2.24) is 4.31 Å². The molecule has 0 aromatic heterocycles. The van der Waals surface area contributed by atoms with E-state index in [0.717, 1.165) is 18.4 Å². The molecular weight excluding hydrogens is 298 g/mol. The fraction of sp³-hybridized carbons (Fsp3) is 0.571. The lowest BCUT2D eigenvalue weighted by molar-refractivity contribution is 0.0290. The van der Waals surface area contributed by atoms with Crippen LogP contribution in [0.4, 0.5) is 0 Å². The second-order valence-corrected chi connectivity index (χ2v) is 7.05. The molecule has 0 spiro atoms. The third kappa shape index (κ3) is 3.52. The lowest BCUT2D eigenvalue weighted by Gasteiger charge is -2.31. The van der Waals surface area contributed by atoms with Gasteiger partial charge in [-0.2, -0.15) is 4.31 Å². The van der Waals surface area contributed by atoms with Crippen molar-refractivity contribution in [2.45, 2.75) is 36.6 Å². The Morgan fingerprint density at radius 3 is 2.65 bits per heavy atom. The third-order valence-electron chi connectivity index (χ3n) is 3.49. The largest absolute Gasteiger partial charge is 0.378 e. The number of sulfonamides is 1. The molecule has 0 bridgehead atoms. The van der Waals surface area contributed by atoms with Crippen LogP contribution in [0.1, 0.15) is 25.3 Å². The Labute approximate surface area is 125 Å². The Balaban J connectivity index is 2.11. The van der Waals surface area contributed by atoms with E-state index in [1.54, 1.807) is 18.2 Å². The van der Waals surface area contributed by atoms with Crippen LogP contribution in [0.25, 0.3) is 0 Å². The average Bonchev–Trinajstić information content (AvgIpc) is 2.48. The first-order valence-electron chi connectivity index (χ1n) is 6.84. The summed E-state index contributed by atoms with van der Waals surface area (Å²) in [5.74, 6) is 0.315. The van der Waals surface area contributed by atoms with Gasteiger partial charge >= 0.3 is 0 Å². The van der Waals surface area contributed by atoms with Crippen molar-refractivity contribution in [2.24, 2.45) is 0 Å². The number of rotatable bonds is 5. The molecule has 1 fully saturated rings. The molecule has 1 aromatic carbocycles. The van der Waals surface area contributed by atoms with Crippen LogP contribution in [0.15, 0.2) is 29.2 Å². The Kier molecular flexibility index (Phi) is 5.43. The summed E-state index contributed by atoms with van der Waals surface area (Å²) < 4.78 is 32.2. The smallest absolute Gasteiger partial charge is 0.243 e. The maximum absolute atomic E-state index is 12.6. The summed E-state index contributed by atoms with van der Waals surface area (Å²) in [5.41, 5.74) is 0.817. The topological polar surface area (TPSA) is 46.6 Å². The first-order valence-corrected chi connectivity index (χ1v) is 8.82. The molecule has 112 valence electrons. The molecule has 0 N–H and O–H groups in total. The minimum Gasteiger partial charge on any atom is -0.378 e. The van der Waals surface area contributed by atoms with Gasteiger partial charge < -0.3 is 4.74 Å². The van der Waals surface area contributed by atoms with Crippen LogP contribution < -0.4 is 0 Å². The zero-order chi connectivity index (χ0) is 14.6. The molecule has 20 heavy (non-hydrogen) atoms. The SMILES string of the molecule is CCOC1CCN(S(=O)(=O)c2cccc(CCl)c2)CC1. The molecule has 0 amide bonds. The maximum Gasteiger partial charge on any atom is 0.243 e. The van der Waals surface area contributed by atoms with Gasteiger partial charge in [-0.1, -0.05) is 12.1 Å². The lowest BCUT2D eigenvalue weighted by atomic mass is 10.1. The zero-order valence-electron chi connectivity index (χ0n) is 11.6. The predicted molar refractivity (Wildman–Crippen MR) is 79.4 cm³/mol. The van der Waals surface area contributed by atoms with Crippen molar-refractivity contribution >= 4 is 21.6 Å². The number of ether oxygens (including phenoxy) is 1. The first-order chi connectivity index (χ1) is 9.57. The van der Waals surface area contributed by atoms with Crippen LogP contribution >= 0.6 is 11.6 Å². The summed E-state index contributed by atoms with van der Waals surface area (Å²) in [6.45, 7) is 3.66. The Bertz CT molecular complexity index is 539. The number of alkyl halides is 1. The van der Waals surface area contributed by atoms with Gasteiger partial charge in [0.1, 0.15) is 0 Å². The normalized spacial score (nSPS) is 18.3. The van der Waals surface area contributed by atoms with E-state index < -0.39 is 10.0 Å². The van der Waals surface area contributed by atoms with Gasteiger partial charge in [-0.3, -0.25) is 0 Å². The van der Waals surface area contributed by atoms with Gasteiger partial charge in [0.2, 0.25) is 10.0 Å². The minimum absolute atomic E-state index is 0.181. The van der Waals surface area contributed by atoms with E-state index in [0.29, 0.717) is 30.5 Å². The highest BCUT2D eigenvalue weighted by Gasteiger charge is 2.29. The summed E-state index contributed by atoms with van der Waals surface area (Å²) in [4.78, 5) is 0.325. The van der Waals surface area contributed by atoms with Crippen molar-refractivity contribution in [1.29, 1.82) is 0 Å². The van der Waals surface area contributed by atoms with Crippen LogP contribution in [-0.2, 0) is 20.6 Å². The van der Waals surface area contributed by atoms with Gasteiger partial charge in [0.25, 0.3) is 0 Å². The number of nitrogens with zero attached hydrogens (tertiary/aromatic N) is 1. The summed E-state index contributed by atoms with van der Waals surface area (Å²) in [6, 6.07) is 6.84. The molecule has 0 aliphatic carbocycles. The zero-order valence-corrected chi connectivity index (χ0v) is 13.2. The van der Waals surface area contributed by atoms with E-state index in [1.807, 2.05) is 13.0 Å². The fourth-order valence-electron chi connectivity index (χ4n) is 2.41. The number of halogens is 1. The quantitative estimate of drug-likeness (QED) is 0.784. The van der Waals surface area contributed by atoms with E-state index in [2.05, 4.69) is 0 Å². The minimum atomic E-state index is -3.41. The molecule has 1 aromatic rings. The van der Waals surface area contributed by atoms with Crippen molar-refractivity contribution in [2.75, 3.05) is 19.7 Å². The van der Waals surface area contributed by atoms with Gasteiger partial charge in [-0.05, 0) is 37.5 Å². The van der Waals surface area contributed by atoms with Gasteiger partial charge in [0.05, 0.1) is 11.0 Å². The summed E-state index contributed by atoms with van der Waals surface area (Å²) in [6.07, 6.45) is 1.69. The number of benzene rings is 1. The van der Waals surface area contributed by atoms with Gasteiger partial charge in [-0.25, -0.2) is 8.42 Å². The predicted octanol–water partition coefficient (Wildman–Crippen LogP) is 2.62. The van der Waals surface area contributed by atoms with Gasteiger partial charge in [-0.15, -0.1) is 11.6 Å². The van der Waals surface area contributed by atoms with Crippen molar-refractivity contribution < 1.29 is 13.2 Å². The standard InChI is InChI=1S/C14H20ClNO3S/c1-2-19-13-6-8-16(9-7-13)20(17,18)14-5-3-4-12(10-14)11-15/h3-5,10,13H,2,6-9,11H2,1H3. The van der Waals surface area contributed by atoms with E-state index in [4.69, 9.17) is 16.3 Å². The molecule has 0 unspecified atom stereocenters. The maximum atomic E-state index is 12.6. The van der Waals surface area contributed by atoms with Gasteiger partial charge in [0, 0.05) is 25.6 Å². The van der Waals surface area contributed by atoms with E-state index >= 15 is 0 Å². The highest BCUT2D eigenvalue weighted by Crippen LogP contribution is 2.23.